The van der Waals surface area contributed by atoms with Crippen LogP contribution in [0, 0.1) is 11.8 Å². The zero-order valence-corrected chi connectivity index (χ0v) is 20.3. The molecular weight excluding hydrogens is 447 g/mol. The highest BCUT2D eigenvalue weighted by atomic mass is 35.5. The Hall–Kier alpha value is -1.14. The number of aliphatic hydroxyl groups excluding tert-OH is 4. The first-order valence-electron chi connectivity index (χ1n) is 11.4. The summed E-state index contributed by atoms with van der Waals surface area (Å²) < 4.78 is 0. The van der Waals surface area contributed by atoms with Crippen molar-refractivity contribution in [1.29, 1.82) is 0 Å². The molecule has 180 valence electrons. The summed E-state index contributed by atoms with van der Waals surface area (Å²) in [4.78, 5) is 0. The van der Waals surface area contributed by atoms with Crippen molar-refractivity contribution in [2.24, 2.45) is 11.8 Å². The van der Waals surface area contributed by atoms with Crippen LogP contribution in [0.3, 0.4) is 0 Å². The van der Waals surface area contributed by atoms with E-state index in [1.54, 1.807) is 0 Å². The maximum atomic E-state index is 9.26. The molecule has 0 aliphatic heterocycles. The highest BCUT2D eigenvalue weighted by Gasteiger charge is 2.09. The Balaban J connectivity index is 0.000000320. The first kappa shape index (κ1) is 28.9. The van der Waals surface area contributed by atoms with E-state index in [-0.39, 0.29) is 38.3 Å². The molecule has 0 heterocycles. The van der Waals surface area contributed by atoms with E-state index in [4.69, 9.17) is 33.4 Å². The summed E-state index contributed by atoms with van der Waals surface area (Å²) in [5.74, 6) is 0.537. The molecule has 32 heavy (non-hydrogen) atoms. The minimum Gasteiger partial charge on any atom is -0.396 e. The first-order chi connectivity index (χ1) is 15.5. The molecule has 0 saturated heterocycles. The highest BCUT2D eigenvalue weighted by molar-refractivity contribution is 6.30. The molecule has 0 aromatic heterocycles. The lowest BCUT2D eigenvalue weighted by Crippen LogP contribution is -2.10. The minimum atomic E-state index is 0.192. The van der Waals surface area contributed by atoms with Crippen LogP contribution in [0.2, 0.25) is 10.0 Å². The van der Waals surface area contributed by atoms with E-state index in [9.17, 15) is 10.2 Å². The van der Waals surface area contributed by atoms with Gasteiger partial charge in [0.05, 0.1) is 0 Å². The summed E-state index contributed by atoms with van der Waals surface area (Å²) in [5, 5.41) is 37.4. The molecule has 0 radical (unpaired) electrons. The van der Waals surface area contributed by atoms with E-state index < -0.39 is 0 Å². The van der Waals surface area contributed by atoms with Gasteiger partial charge in [-0.15, -0.1) is 0 Å². The van der Waals surface area contributed by atoms with Crippen molar-refractivity contribution < 1.29 is 20.4 Å². The molecule has 4 nitrogen and oxygen atoms in total. The Morgan fingerprint density at radius 2 is 1.00 bits per heavy atom. The van der Waals surface area contributed by atoms with Gasteiger partial charge in [-0.1, -0.05) is 60.3 Å². The normalized spacial score (nSPS) is 12.7. The lowest BCUT2D eigenvalue weighted by atomic mass is 9.95. The van der Waals surface area contributed by atoms with E-state index >= 15 is 0 Å². The van der Waals surface area contributed by atoms with Crippen molar-refractivity contribution in [3.8, 4) is 0 Å². The lowest BCUT2D eigenvalue weighted by Gasteiger charge is -2.13. The van der Waals surface area contributed by atoms with E-state index in [0.29, 0.717) is 0 Å². The number of hydrogen-bond acceptors (Lipinski definition) is 4. The molecule has 2 aromatic rings. The van der Waals surface area contributed by atoms with Crippen molar-refractivity contribution in [3.63, 3.8) is 0 Å². The second kappa shape index (κ2) is 18.3. The minimum absolute atomic E-state index is 0.192. The summed E-state index contributed by atoms with van der Waals surface area (Å²) in [6, 6.07) is 15.5. The smallest absolute Gasteiger partial charge is 0.0462 e. The average molecular weight is 485 g/mol. The summed E-state index contributed by atoms with van der Waals surface area (Å²) in [6.07, 6.45) is 7.14. The highest BCUT2D eigenvalue weighted by Crippen LogP contribution is 2.19. The van der Waals surface area contributed by atoms with Crippen molar-refractivity contribution >= 4 is 23.2 Å². The summed E-state index contributed by atoms with van der Waals surface area (Å²) in [7, 11) is 0. The Morgan fingerprint density at radius 3 is 1.31 bits per heavy atom. The van der Waals surface area contributed by atoms with Crippen molar-refractivity contribution in [3.05, 3.63) is 69.7 Å². The van der Waals surface area contributed by atoms with Crippen LogP contribution in [0.1, 0.15) is 49.7 Å². The molecule has 0 amide bonds. The fraction of sp³-hybridized carbons (Fsp3) is 0.538. The summed E-state index contributed by atoms with van der Waals surface area (Å²) in [5.41, 5.74) is 2.33. The molecule has 0 aliphatic rings. The van der Waals surface area contributed by atoms with Gasteiger partial charge < -0.3 is 20.4 Å². The van der Waals surface area contributed by atoms with E-state index in [2.05, 4.69) is 0 Å². The molecule has 2 rings (SSSR count). The third-order valence-corrected chi connectivity index (χ3v) is 5.85. The molecule has 0 spiro atoms. The van der Waals surface area contributed by atoms with Gasteiger partial charge in [0.1, 0.15) is 0 Å². The molecule has 2 atom stereocenters. The predicted octanol–water partition coefficient (Wildman–Crippen LogP) is 5.31. The molecule has 0 fully saturated rings. The fourth-order valence-electron chi connectivity index (χ4n) is 3.60. The fourth-order valence-corrected chi connectivity index (χ4v) is 4.03. The van der Waals surface area contributed by atoms with Gasteiger partial charge in [-0.05, 0) is 85.8 Å². The topological polar surface area (TPSA) is 80.9 Å². The van der Waals surface area contributed by atoms with Crippen molar-refractivity contribution in [1.82, 2.24) is 0 Å². The van der Waals surface area contributed by atoms with Gasteiger partial charge in [-0.25, -0.2) is 0 Å². The SMILES string of the molecule is OCCCC[C@@H](CO)Cc1cccc(Cl)c1.OCCCC[C@H](CO)Cc1cccc(Cl)c1. The van der Waals surface area contributed by atoms with Gasteiger partial charge in [0.15, 0.2) is 0 Å². The van der Waals surface area contributed by atoms with Gasteiger partial charge >= 0.3 is 0 Å². The number of aliphatic hydroxyl groups is 4. The lowest BCUT2D eigenvalue weighted by molar-refractivity contribution is 0.209. The molecule has 4 N–H and O–H groups in total. The van der Waals surface area contributed by atoms with Crippen molar-refractivity contribution in [2.75, 3.05) is 26.4 Å². The van der Waals surface area contributed by atoms with Gasteiger partial charge in [0, 0.05) is 36.5 Å². The molecule has 0 unspecified atom stereocenters. The van der Waals surface area contributed by atoms with Gasteiger partial charge in [-0.3, -0.25) is 0 Å². The Morgan fingerprint density at radius 1 is 0.594 bits per heavy atom. The predicted molar refractivity (Wildman–Crippen MR) is 133 cm³/mol. The van der Waals surface area contributed by atoms with E-state index in [0.717, 1.165) is 72.5 Å². The standard InChI is InChI=1S/2C13H19ClO2/c2*14-13-6-3-5-11(9-13)8-12(10-16)4-1-2-7-15/h2*3,5-6,9,12,15-16H,1-2,4,7-8,10H2/t2*12-/m10/s1. The third-order valence-electron chi connectivity index (χ3n) is 5.38. The molecule has 0 bridgehead atoms. The van der Waals surface area contributed by atoms with E-state index in [1.165, 1.54) is 0 Å². The number of hydrogen-bond donors (Lipinski definition) is 4. The van der Waals surface area contributed by atoms with Crippen LogP contribution in [0.25, 0.3) is 0 Å². The quantitative estimate of drug-likeness (QED) is 0.274. The second-order valence-electron chi connectivity index (χ2n) is 8.20. The zero-order chi connectivity index (χ0) is 23.6. The van der Waals surface area contributed by atoms with Gasteiger partial charge in [0.2, 0.25) is 0 Å². The van der Waals surface area contributed by atoms with E-state index in [1.807, 2.05) is 48.5 Å². The third kappa shape index (κ3) is 13.4. The molecular formula is C26H38Cl2O4. The van der Waals surface area contributed by atoms with Crippen LogP contribution >= 0.6 is 23.2 Å². The molecule has 0 saturated carbocycles. The van der Waals surface area contributed by atoms with Crippen LogP contribution in [-0.2, 0) is 12.8 Å². The Bertz CT molecular complexity index is 665. The van der Waals surface area contributed by atoms with Crippen LogP contribution in [0.4, 0.5) is 0 Å². The Kier molecular flexibility index (Phi) is 16.5. The maximum Gasteiger partial charge on any atom is 0.0462 e. The van der Waals surface area contributed by atoms with Crippen LogP contribution in [0.15, 0.2) is 48.5 Å². The summed E-state index contributed by atoms with van der Waals surface area (Å²) >= 11 is 11.8. The number of unbranched alkanes of at least 4 members (excludes halogenated alkanes) is 2. The second-order valence-corrected chi connectivity index (χ2v) is 9.08. The number of halogens is 2. The van der Waals surface area contributed by atoms with Gasteiger partial charge in [-0.2, -0.15) is 0 Å². The number of benzene rings is 2. The molecule has 6 heteroatoms. The first-order valence-corrected chi connectivity index (χ1v) is 12.2. The van der Waals surface area contributed by atoms with Crippen LogP contribution in [0.5, 0.6) is 0 Å². The number of rotatable bonds is 14. The summed E-state index contributed by atoms with van der Waals surface area (Å²) in [6.45, 7) is 0.848. The van der Waals surface area contributed by atoms with Gasteiger partial charge in [0.25, 0.3) is 0 Å². The largest absolute Gasteiger partial charge is 0.396 e. The molecule has 2 aromatic carbocycles. The molecule has 0 aliphatic carbocycles. The average Bonchev–Trinajstić information content (AvgIpc) is 2.78. The van der Waals surface area contributed by atoms with Crippen LogP contribution in [-0.4, -0.2) is 46.9 Å². The Labute approximate surface area is 202 Å². The zero-order valence-electron chi connectivity index (χ0n) is 18.8. The maximum absolute atomic E-state index is 9.26. The van der Waals surface area contributed by atoms with Crippen LogP contribution < -0.4 is 0 Å². The monoisotopic (exact) mass is 484 g/mol. The van der Waals surface area contributed by atoms with Crippen molar-refractivity contribution in [2.45, 2.75) is 51.4 Å².